The summed E-state index contributed by atoms with van der Waals surface area (Å²) >= 11 is 0. The quantitative estimate of drug-likeness (QED) is 0.817. The van der Waals surface area contributed by atoms with Gasteiger partial charge in [-0.25, -0.2) is 0 Å². The Labute approximate surface area is 147 Å². The zero-order valence-corrected chi connectivity index (χ0v) is 14.7. The van der Waals surface area contributed by atoms with Crippen LogP contribution in [-0.2, 0) is 9.53 Å². The Balaban J connectivity index is 1.62. The SMILES string of the molecule is COc1cc(OC)cc(C(=O)N2CCN(C(=O)[C@H]3CCCO3)CC2)c1. The minimum atomic E-state index is -0.301. The third-order valence-electron chi connectivity index (χ3n) is 4.68. The lowest BCUT2D eigenvalue weighted by molar-refractivity contribution is -0.142. The molecule has 0 saturated carbocycles. The smallest absolute Gasteiger partial charge is 0.254 e. The molecule has 2 amide bonds. The molecule has 2 fully saturated rings. The van der Waals surface area contributed by atoms with Crippen molar-refractivity contribution >= 4 is 11.8 Å². The third-order valence-corrected chi connectivity index (χ3v) is 4.68. The van der Waals surface area contributed by atoms with E-state index in [1.54, 1.807) is 42.2 Å². The van der Waals surface area contributed by atoms with Gasteiger partial charge in [-0.1, -0.05) is 0 Å². The van der Waals surface area contributed by atoms with E-state index >= 15 is 0 Å². The van der Waals surface area contributed by atoms with E-state index in [1.165, 1.54) is 0 Å². The molecule has 3 rings (SSSR count). The van der Waals surface area contributed by atoms with Gasteiger partial charge in [0.15, 0.2) is 0 Å². The minimum Gasteiger partial charge on any atom is -0.497 e. The van der Waals surface area contributed by atoms with Gasteiger partial charge in [0.05, 0.1) is 14.2 Å². The van der Waals surface area contributed by atoms with Crippen LogP contribution in [-0.4, -0.2) is 74.7 Å². The number of benzene rings is 1. The van der Waals surface area contributed by atoms with Crippen LogP contribution < -0.4 is 9.47 Å². The van der Waals surface area contributed by atoms with E-state index < -0.39 is 0 Å². The number of nitrogens with zero attached hydrogens (tertiary/aromatic N) is 2. The molecule has 1 aromatic carbocycles. The predicted molar refractivity (Wildman–Crippen MR) is 91.0 cm³/mol. The van der Waals surface area contributed by atoms with Gasteiger partial charge in [0, 0.05) is 44.4 Å². The molecular weight excluding hydrogens is 324 g/mol. The summed E-state index contributed by atoms with van der Waals surface area (Å²) in [4.78, 5) is 28.7. The highest BCUT2D eigenvalue weighted by Crippen LogP contribution is 2.24. The molecule has 0 N–H and O–H groups in total. The molecular formula is C18H24N2O5. The molecule has 1 aromatic rings. The minimum absolute atomic E-state index is 0.0487. The summed E-state index contributed by atoms with van der Waals surface area (Å²) in [5.74, 6) is 1.12. The largest absolute Gasteiger partial charge is 0.497 e. The Morgan fingerprint density at radius 1 is 1.00 bits per heavy atom. The van der Waals surface area contributed by atoms with Crippen molar-refractivity contribution in [3.63, 3.8) is 0 Å². The first kappa shape index (κ1) is 17.5. The second kappa shape index (κ2) is 7.74. The van der Waals surface area contributed by atoms with E-state index in [9.17, 15) is 9.59 Å². The molecule has 0 unspecified atom stereocenters. The molecule has 1 atom stereocenters. The predicted octanol–water partition coefficient (Wildman–Crippen LogP) is 1.17. The number of carbonyl (C=O) groups excluding carboxylic acids is 2. The lowest BCUT2D eigenvalue weighted by Crippen LogP contribution is -2.52. The van der Waals surface area contributed by atoms with Crippen molar-refractivity contribution < 1.29 is 23.8 Å². The van der Waals surface area contributed by atoms with Crippen molar-refractivity contribution in [2.75, 3.05) is 47.0 Å². The van der Waals surface area contributed by atoms with Gasteiger partial charge in [0.25, 0.3) is 11.8 Å². The van der Waals surface area contributed by atoms with Gasteiger partial charge in [-0.15, -0.1) is 0 Å². The van der Waals surface area contributed by atoms with Crippen molar-refractivity contribution in [2.24, 2.45) is 0 Å². The summed E-state index contributed by atoms with van der Waals surface area (Å²) in [5, 5.41) is 0. The molecule has 136 valence electrons. The first-order valence-corrected chi connectivity index (χ1v) is 8.55. The van der Waals surface area contributed by atoms with Crippen LogP contribution in [0.25, 0.3) is 0 Å². The highest BCUT2D eigenvalue weighted by Gasteiger charge is 2.31. The Hall–Kier alpha value is -2.28. The average molecular weight is 348 g/mol. The van der Waals surface area contributed by atoms with Crippen LogP contribution in [0.4, 0.5) is 0 Å². The molecule has 0 bridgehead atoms. The number of hydrogen-bond donors (Lipinski definition) is 0. The molecule has 2 aliphatic heterocycles. The van der Waals surface area contributed by atoms with Crippen molar-refractivity contribution in [2.45, 2.75) is 18.9 Å². The van der Waals surface area contributed by atoms with Crippen LogP contribution >= 0.6 is 0 Å². The number of hydrogen-bond acceptors (Lipinski definition) is 5. The van der Waals surface area contributed by atoms with E-state index in [-0.39, 0.29) is 17.9 Å². The monoisotopic (exact) mass is 348 g/mol. The van der Waals surface area contributed by atoms with E-state index in [0.29, 0.717) is 49.8 Å². The first-order chi connectivity index (χ1) is 12.1. The van der Waals surface area contributed by atoms with Gasteiger partial charge >= 0.3 is 0 Å². The van der Waals surface area contributed by atoms with Crippen LogP contribution in [0, 0.1) is 0 Å². The van der Waals surface area contributed by atoms with Crippen molar-refractivity contribution in [1.82, 2.24) is 9.80 Å². The Bertz CT molecular complexity index is 612. The average Bonchev–Trinajstić information content (AvgIpc) is 3.21. The van der Waals surface area contributed by atoms with E-state index in [2.05, 4.69) is 0 Å². The molecule has 25 heavy (non-hydrogen) atoms. The normalized spacial score (nSPS) is 20.5. The summed E-state index contributed by atoms with van der Waals surface area (Å²) in [6, 6.07) is 5.14. The molecule has 2 saturated heterocycles. The highest BCUT2D eigenvalue weighted by atomic mass is 16.5. The summed E-state index contributed by atoms with van der Waals surface area (Å²) in [6.07, 6.45) is 1.43. The maximum Gasteiger partial charge on any atom is 0.254 e. The molecule has 0 aliphatic carbocycles. The number of carbonyl (C=O) groups is 2. The lowest BCUT2D eigenvalue weighted by Gasteiger charge is -2.35. The summed E-state index contributed by atoms with van der Waals surface area (Å²) in [6.45, 7) is 2.75. The van der Waals surface area contributed by atoms with Gasteiger partial charge in [-0.2, -0.15) is 0 Å². The van der Waals surface area contributed by atoms with Crippen LogP contribution in [0.15, 0.2) is 18.2 Å². The van der Waals surface area contributed by atoms with Gasteiger partial charge < -0.3 is 24.0 Å². The molecule has 0 aromatic heterocycles. The molecule has 7 heteroatoms. The highest BCUT2D eigenvalue weighted by molar-refractivity contribution is 5.95. The lowest BCUT2D eigenvalue weighted by atomic mass is 10.1. The third kappa shape index (κ3) is 3.87. The van der Waals surface area contributed by atoms with Crippen molar-refractivity contribution in [1.29, 1.82) is 0 Å². The van der Waals surface area contributed by atoms with E-state index in [0.717, 1.165) is 12.8 Å². The van der Waals surface area contributed by atoms with Crippen LogP contribution in [0.2, 0.25) is 0 Å². The molecule has 0 radical (unpaired) electrons. The van der Waals surface area contributed by atoms with Gasteiger partial charge in [-0.05, 0) is 25.0 Å². The number of piperazine rings is 1. The first-order valence-electron chi connectivity index (χ1n) is 8.55. The van der Waals surface area contributed by atoms with Crippen LogP contribution in [0.5, 0.6) is 11.5 Å². The summed E-state index contributed by atoms with van der Waals surface area (Å²) in [5.41, 5.74) is 0.523. The Kier molecular flexibility index (Phi) is 5.43. The maximum absolute atomic E-state index is 12.8. The second-order valence-corrected chi connectivity index (χ2v) is 6.22. The van der Waals surface area contributed by atoms with Crippen molar-refractivity contribution in [3.8, 4) is 11.5 Å². The number of ether oxygens (including phenoxy) is 3. The fourth-order valence-corrected chi connectivity index (χ4v) is 3.22. The van der Waals surface area contributed by atoms with Gasteiger partial charge in [0.1, 0.15) is 17.6 Å². The Morgan fingerprint density at radius 3 is 2.12 bits per heavy atom. The standard InChI is InChI=1S/C18H24N2O5/c1-23-14-10-13(11-15(12-14)24-2)17(21)19-5-7-20(8-6-19)18(22)16-4-3-9-25-16/h10-12,16H,3-9H2,1-2H3/t16-/m1/s1. The second-order valence-electron chi connectivity index (χ2n) is 6.22. The fourth-order valence-electron chi connectivity index (χ4n) is 3.22. The fraction of sp³-hybridized carbons (Fsp3) is 0.556. The zero-order chi connectivity index (χ0) is 17.8. The van der Waals surface area contributed by atoms with Crippen LogP contribution in [0.1, 0.15) is 23.2 Å². The van der Waals surface area contributed by atoms with Crippen LogP contribution in [0.3, 0.4) is 0 Å². The van der Waals surface area contributed by atoms with E-state index in [4.69, 9.17) is 14.2 Å². The van der Waals surface area contributed by atoms with E-state index in [1.807, 2.05) is 0 Å². The summed E-state index contributed by atoms with van der Waals surface area (Å²) in [7, 11) is 3.11. The maximum atomic E-state index is 12.8. The topological polar surface area (TPSA) is 68.3 Å². The number of methoxy groups -OCH3 is 2. The number of rotatable bonds is 4. The Morgan fingerprint density at radius 2 is 1.60 bits per heavy atom. The molecule has 2 heterocycles. The molecule has 2 aliphatic rings. The van der Waals surface area contributed by atoms with Gasteiger partial charge in [0.2, 0.25) is 0 Å². The molecule has 0 spiro atoms. The number of amides is 2. The van der Waals surface area contributed by atoms with Gasteiger partial charge in [-0.3, -0.25) is 9.59 Å². The zero-order valence-electron chi connectivity index (χ0n) is 14.7. The van der Waals surface area contributed by atoms with Crippen molar-refractivity contribution in [3.05, 3.63) is 23.8 Å². The molecule has 7 nitrogen and oxygen atoms in total. The summed E-state index contributed by atoms with van der Waals surface area (Å²) < 4.78 is 15.9.